The van der Waals surface area contributed by atoms with Crippen LogP contribution in [0, 0.1) is 0 Å². The molecule has 0 unspecified atom stereocenters. The minimum atomic E-state index is 0.679. The van der Waals surface area contributed by atoms with E-state index in [1.54, 1.807) is 11.1 Å². The van der Waals surface area contributed by atoms with Crippen molar-refractivity contribution in [1.82, 2.24) is 10.2 Å². The number of likely N-dealkylation sites (tertiary alicyclic amines) is 1. The third-order valence-electron chi connectivity index (χ3n) is 4.35. The van der Waals surface area contributed by atoms with Gasteiger partial charge in [-0.2, -0.15) is 0 Å². The molecule has 0 spiro atoms. The van der Waals surface area contributed by atoms with Gasteiger partial charge >= 0.3 is 0 Å². The first-order chi connectivity index (χ1) is 8.38. The maximum atomic E-state index is 3.37. The zero-order valence-electron chi connectivity index (χ0n) is 10.7. The molecule has 1 saturated heterocycles. The molecule has 1 aromatic rings. The van der Waals surface area contributed by atoms with Crippen molar-refractivity contribution in [3.05, 3.63) is 35.4 Å². The monoisotopic (exact) mass is 230 g/mol. The van der Waals surface area contributed by atoms with Gasteiger partial charge in [0.25, 0.3) is 0 Å². The topological polar surface area (TPSA) is 15.3 Å². The van der Waals surface area contributed by atoms with Crippen LogP contribution in [-0.2, 0) is 6.42 Å². The Morgan fingerprint density at radius 3 is 2.82 bits per heavy atom. The molecule has 17 heavy (non-hydrogen) atoms. The second kappa shape index (κ2) is 4.79. The second-order valence-corrected chi connectivity index (χ2v) is 5.40. The SMILES string of the molecule is CNC1CN([C@@H]2CCCCc3ccccc32)C1. The molecule has 1 fully saturated rings. The lowest BCUT2D eigenvalue weighted by Gasteiger charge is -2.44. The highest BCUT2D eigenvalue weighted by Crippen LogP contribution is 2.35. The van der Waals surface area contributed by atoms with E-state index < -0.39 is 0 Å². The molecule has 0 saturated carbocycles. The van der Waals surface area contributed by atoms with Gasteiger partial charge in [0.2, 0.25) is 0 Å². The summed E-state index contributed by atoms with van der Waals surface area (Å²) in [6.45, 7) is 2.44. The highest BCUT2D eigenvalue weighted by Gasteiger charge is 2.33. The van der Waals surface area contributed by atoms with Crippen LogP contribution in [0.25, 0.3) is 0 Å². The van der Waals surface area contributed by atoms with E-state index in [1.807, 2.05) is 0 Å². The van der Waals surface area contributed by atoms with Crippen LogP contribution in [0.3, 0.4) is 0 Å². The fraction of sp³-hybridized carbons (Fsp3) is 0.600. The van der Waals surface area contributed by atoms with E-state index in [9.17, 15) is 0 Å². The molecule has 1 atom stereocenters. The molecule has 1 aromatic carbocycles. The standard InChI is InChI=1S/C15H22N2/c1-16-13-10-17(11-13)15-9-5-3-7-12-6-2-4-8-14(12)15/h2,4,6,8,13,15-16H,3,5,7,9-11H2,1H3/t15-/m1/s1. The predicted octanol–water partition coefficient (Wildman–Crippen LogP) is 2.36. The Hall–Kier alpha value is -0.860. The normalized spacial score (nSPS) is 26.1. The Labute approximate surface area is 104 Å². The third kappa shape index (κ3) is 2.12. The smallest absolute Gasteiger partial charge is 0.0352 e. The lowest BCUT2D eigenvalue weighted by atomic mass is 9.94. The van der Waals surface area contributed by atoms with Gasteiger partial charge in [-0.05, 0) is 37.4 Å². The van der Waals surface area contributed by atoms with Crippen molar-refractivity contribution in [2.75, 3.05) is 20.1 Å². The number of hydrogen-bond donors (Lipinski definition) is 1. The summed E-state index contributed by atoms with van der Waals surface area (Å²) < 4.78 is 0. The van der Waals surface area contributed by atoms with Crippen LogP contribution in [0.4, 0.5) is 0 Å². The molecule has 1 N–H and O–H groups in total. The summed E-state index contributed by atoms with van der Waals surface area (Å²) >= 11 is 0. The minimum Gasteiger partial charge on any atom is -0.315 e. The van der Waals surface area contributed by atoms with Crippen molar-refractivity contribution in [1.29, 1.82) is 0 Å². The minimum absolute atomic E-state index is 0.679. The van der Waals surface area contributed by atoms with Crippen LogP contribution in [0.2, 0.25) is 0 Å². The van der Waals surface area contributed by atoms with Crippen LogP contribution < -0.4 is 5.32 Å². The first-order valence-electron chi connectivity index (χ1n) is 6.87. The average Bonchev–Trinajstić information content (AvgIpc) is 2.51. The van der Waals surface area contributed by atoms with Crippen molar-refractivity contribution in [3.8, 4) is 0 Å². The van der Waals surface area contributed by atoms with Crippen molar-refractivity contribution < 1.29 is 0 Å². The molecule has 92 valence electrons. The van der Waals surface area contributed by atoms with Crippen LogP contribution in [0.1, 0.15) is 36.4 Å². The molecule has 0 aromatic heterocycles. The summed E-state index contributed by atoms with van der Waals surface area (Å²) in [5, 5.41) is 3.37. The largest absolute Gasteiger partial charge is 0.315 e. The van der Waals surface area contributed by atoms with E-state index in [-0.39, 0.29) is 0 Å². The van der Waals surface area contributed by atoms with Crippen LogP contribution in [0.15, 0.2) is 24.3 Å². The van der Waals surface area contributed by atoms with Gasteiger partial charge in [0, 0.05) is 25.2 Å². The van der Waals surface area contributed by atoms with Gasteiger partial charge in [-0.3, -0.25) is 4.90 Å². The molecule has 1 aliphatic carbocycles. The number of benzene rings is 1. The molecule has 3 rings (SSSR count). The highest BCUT2D eigenvalue weighted by atomic mass is 15.3. The molecule has 0 radical (unpaired) electrons. The summed E-state index contributed by atoms with van der Waals surface area (Å²) in [6, 6.07) is 10.4. The lowest BCUT2D eigenvalue weighted by molar-refractivity contribution is 0.0740. The third-order valence-corrected chi connectivity index (χ3v) is 4.35. The maximum absolute atomic E-state index is 3.37. The van der Waals surface area contributed by atoms with Crippen molar-refractivity contribution in [3.63, 3.8) is 0 Å². The van der Waals surface area contributed by atoms with Gasteiger partial charge in [-0.25, -0.2) is 0 Å². The van der Waals surface area contributed by atoms with E-state index in [1.165, 1.54) is 38.8 Å². The number of aryl methyl sites for hydroxylation is 1. The van der Waals surface area contributed by atoms with Crippen LogP contribution in [-0.4, -0.2) is 31.1 Å². The molecule has 0 amide bonds. The van der Waals surface area contributed by atoms with Gasteiger partial charge in [0.15, 0.2) is 0 Å². The zero-order chi connectivity index (χ0) is 11.7. The molecular weight excluding hydrogens is 208 g/mol. The van der Waals surface area contributed by atoms with Crippen molar-refractivity contribution >= 4 is 0 Å². The van der Waals surface area contributed by atoms with Crippen molar-refractivity contribution in [2.45, 2.75) is 37.8 Å². The number of fused-ring (bicyclic) bond motifs is 1. The van der Waals surface area contributed by atoms with Gasteiger partial charge in [0.05, 0.1) is 0 Å². The Morgan fingerprint density at radius 1 is 1.18 bits per heavy atom. The molecular formula is C15H22N2. The van der Waals surface area contributed by atoms with Gasteiger partial charge in [-0.1, -0.05) is 30.7 Å². The maximum Gasteiger partial charge on any atom is 0.0352 e. The summed E-state index contributed by atoms with van der Waals surface area (Å²) in [7, 11) is 2.07. The Morgan fingerprint density at radius 2 is 2.00 bits per heavy atom. The number of likely N-dealkylation sites (N-methyl/N-ethyl adjacent to an activating group) is 1. The van der Waals surface area contributed by atoms with E-state index >= 15 is 0 Å². The Kier molecular flexibility index (Phi) is 3.17. The zero-order valence-corrected chi connectivity index (χ0v) is 10.7. The first kappa shape index (κ1) is 11.2. The molecule has 2 heteroatoms. The number of nitrogens with one attached hydrogen (secondary N) is 1. The summed E-state index contributed by atoms with van der Waals surface area (Å²) in [4.78, 5) is 2.64. The fourth-order valence-electron chi connectivity index (χ4n) is 3.22. The molecule has 1 aliphatic heterocycles. The van der Waals surface area contributed by atoms with Crippen molar-refractivity contribution in [2.24, 2.45) is 0 Å². The highest BCUT2D eigenvalue weighted by molar-refractivity contribution is 5.31. The van der Waals surface area contributed by atoms with Gasteiger partial charge < -0.3 is 5.32 Å². The number of hydrogen-bond acceptors (Lipinski definition) is 2. The van der Waals surface area contributed by atoms with E-state index in [0.717, 1.165) is 0 Å². The lowest BCUT2D eigenvalue weighted by Crippen LogP contribution is -2.57. The molecule has 0 bridgehead atoms. The second-order valence-electron chi connectivity index (χ2n) is 5.40. The average molecular weight is 230 g/mol. The molecule has 2 aliphatic rings. The predicted molar refractivity (Wildman–Crippen MR) is 71.2 cm³/mol. The Balaban J connectivity index is 1.80. The molecule has 1 heterocycles. The van der Waals surface area contributed by atoms with Crippen LogP contribution >= 0.6 is 0 Å². The van der Waals surface area contributed by atoms with Crippen LogP contribution in [0.5, 0.6) is 0 Å². The van der Waals surface area contributed by atoms with E-state index in [2.05, 4.69) is 41.5 Å². The Bertz CT molecular complexity index is 382. The first-order valence-corrected chi connectivity index (χ1v) is 6.87. The summed E-state index contributed by atoms with van der Waals surface area (Å²) in [6.07, 6.45) is 5.35. The summed E-state index contributed by atoms with van der Waals surface area (Å²) in [5.41, 5.74) is 3.18. The van der Waals surface area contributed by atoms with E-state index in [4.69, 9.17) is 0 Å². The fourth-order valence-corrected chi connectivity index (χ4v) is 3.22. The summed E-state index contributed by atoms with van der Waals surface area (Å²) in [5.74, 6) is 0. The van der Waals surface area contributed by atoms with Gasteiger partial charge in [-0.15, -0.1) is 0 Å². The molecule has 2 nitrogen and oxygen atoms in total. The number of rotatable bonds is 2. The quantitative estimate of drug-likeness (QED) is 0.785. The van der Waals surface area contributed by atoms with E-state index in [0.29, 0.717) is 12.1 Å². The number of nitrogens with zero attached hydrogens (tertiary/aromatic N) is 1. The van der Waals surface area contributed by atoms with Gasteiger partial charge in [0.1, 0.15) is 0 Å².